The maximum atomic E-state index is 12.1. The van der Waals surface area contributed by atoms with Crippen molar-refractivity contribution < 1.29 is 9.53 Å². The Hall–Kier alpha value is -1.88. The van der Waals surface area contributed by atoms with Gasteiger partial charge in [-0.3, -0.25) is 4.79 Å². The molecule has 5 heteroatoms. The minimum absolute atomic E-state index is 0.0447. The first-order valence-corrected chi connectivity index (χ1v) is 11.1. The van der Waals surface area contributed by atoms with Gasteiger partial charge in [-0.15, -0.1) is 0 Å². The fraction of sp³-hybridized carbons (Fsp3) is 0.652. The number of benzene rings is 1. The van der Waals surface area contributed by atoms with Gasteiger partial charge in [0.05, 0.1) is 11.0 Å². The van der Waals surface area contributed by atoms with Crippen LogP contribution in [0.25, 0.3) is 11.0 Å². The van der Waals surface area contributed by atoms with Crippen molar-refractivity contribution in [1.82, 2.24) is 14.9 Å². The summed E-state index contributed by atoms with van der Waals surface area (Å²) in [7, 11) is 0. The number of hydrogen-bond acceptors (Lipinski definition) is 3. The van der Waals surface area contributed by atoms with Gasteiger partial charge in [0.15, 0.2) is 0 Å². The number of nitrogens with zero attached hydrogens (tertiary/aromatic N) is 2. The maximum Gasteiger partial charge on any atom is 0.249 e. The molecule has 4 rings (SSSR count). The van der Waals surface area contributed by atoms with Gasteiger partial charge in [0.1, 0.15) is 11.9 Å². The fourth-order valence-corrected chi connectivity index (χ4v) is 4.71. The van der Waals surface area contributed by atoms with Crippen molar-refractivity contribution in [3.8, 4) is 0 Å². The van der Waals surface area contributed by atoms with Gasteiger partial charge >= 0.3 is 0 Å². The number of carbonyl (C=O) groups excluding carboxylic acids is 1. The van der Waals surface area contributed by atoms with Gasteiger partial charge in [0.2, 0.25) is 5.91 Å². The van der Waals surface area contributed by atoms with Crippen molar-refractivity contribution >= 4 is 16.9 Å². The summed E-state index contributed by atoms with van der Waals surface area (Å²) in [5.74, 6) is 2.07. The average Bonchev–Trinajstić information content (AvgIpc) is 3.38. The Labute approximate surface area is 167 Å². The smallest absolute Gasteiger partial charge is 0.249 e. The van der Waals surface area contributed by atoms with Crippen molar-refractivity contribution in [3.05, 3.63) is 30.1 Å². The Morgan fingerprint density at radius 2 is 2.00 bits per heavy atom. The molecule has 1 aliphatic carbocycles. The number of aromatic nitrogens is 2. The van der Waals surface area contributed by atoms with Gasteiger partial charge < -0.3 is 14.6 Å². The van der Waals surface area contributed by atoms with E-state index in [4.69, 9.17) is 9.72 Å². The number of carbonyl (C=O) groups is 1. The van der Waals surface area contributed by atoms with E-state index in [-0.39, 0.29) is 12.0 Å². The molecule has 1 atom stereocenters. The van der Waals surface area contributed by atoms with E-state index in [1.54, 1.807) is 0 Å². The Morgan fingerprint density at radius 3 is 2.82 bits per heavy atom. The quantitative estimate of drug-likeness (QED) is 0.694. The summed E-state index contributed by atoms with van der Waals surface area (Å²) in [5.41, 5.74) is 2.33. The third kappa shape index (κ3) is 4.75. The van der Waals surface area contributed by atoms with E-state index in [0.717, 1.165) is 49.5 Å². The molecule has 1 aromatic heterocycles. The molecule has 0 radical (unpaired) electrons. The highest BCUT2D eigenvalue weighted by Gasteiger charge is 2.23. The van der Waals surface area contributed by atoms with E-state index in [0.29, 0.717) is 13.2 Å². The van der Waals surface area contributed by atoms with Gasteiger partial charge in [-0.25, -0.2) is 4.98 Å². The standard InChI is InChI=1S/C23H33N3O2/c27-23(21-12-7-17-28-21)24-15-6-13-22-25-19-10-4-5-11-20(19)26(22)16-14-18-8-2-1-3-9-18/h4-5,10-11,18,21H,1-3,6-9,12-17H2,(H,24,27). The zero-order chi connectivity index (χ0) is 19.2. The third-order valence-electron chi connectivity index (χ3n) is 6.32. The molecule has 1 unspecified atom stereocenters. The molecule has 1 aromatic carbocycles. The van der Waals surface area contributed by atoms with Crippen LogP contribution in [-0.4, -0.2) is 34.7 Å². The number of aryl methyl sites for hydroxylation is 2. The molecule has 1 aliphatic heterocycles. The van der Waals surface area contributed by atoms with Crippen LogP contribution < -0.4 is 5.32 Å². The van der Waals surface area contributed by atoms with Crippen LogP contribution in [0.3, 0.4) is 0 Å². The predicted octanol–water partition coefficient (Wildman–Crippen LogP) is 4.23. The zero-order valence-electron chi connectivity index (χ0n) is 16.9. The Bertz CT molecular complexity index is 773. The fourth-order valence-electron chi connectivity index (χ4n) is 4.71. The van der Waals surface area contributed by atoms with Crippen LogP contribution in [0.2, 0.25) is 0 Å². The lowest BCUT2D eigenvalue weighted by atomic mass is 9.87. The van der Waals surface area contributed by atoms with Crippen molar-refractivity contribution in [2.24, 2.45) is 5.92 Å². The lowest BCUT2D eigenvalue weighted by molar-refractivity contribution is -0.130. The monoisotopic (exact) mass is 383 g/mol. The molecule has 2 heterocycles. The van der Waals surface area contributed by atoms with Gasteiger partial charge in [-0.05, 0) is 43.7 Å². The molecule has 1 amide bonds. The molecular formula is C23H33N3O2. The summed E-state index contributed by atoms with van der Waals surface area (Å²) >= 11 is 0. The first-order valence-electron chi connectivity index (χ1n) is 11.1. The molecule has 28 heavy (non-hydrogen) atoms. The molecular weight excluding hydrogens is 350 g/mol. The number of imidazole rings is 1. The summed E-state index contributed by atoms with van der Waals surface area (Å²) < 4.78 is 7.87. The maximum absolute atomic E-state index is 12.1. The zero-order valence-corrected chi connectivity index (χ0v) is 16.9. The highest BCUT2D eigenvalue weighted by Crippen LogP contribution is 2.28. The second kappa shape index (κ2) is 9.55. The van der Waals surface area contributed by atoms with E-state index in [9.17, 15) is 4.79 Å². The van der Waals surface area contributed by atoms with E-state index < -0.39 is 0 Å². The van der Waals surface area contributed by atoms with Crippen LogP contribution in [0.4, 0.5) is 0 Å². The normalized spacial score (nSPS) is 20.6. The average molecular weight is 384 g/mol. The van der Waals surface area contributed by atoms with Gasteiger partial charge in [-0.1, -0.05) is 44.2 Å². The minimum atomic E-state index is -0.236. The molecule has 1 saturated heterocycles. The molecule has 0 spiro atoms. The summed E-state index contributed by atoms with van der Waals surface area (Å²) in [6.07, 6.45) is 11.6. The molecule has 2 aliphatic rings. The van der Waals surface area contributed by atoms with Crippen molar-refractivity contribution in [2.45, 2.75) is 76.9 Å². The number of hydrogen-bond donors (Lipinski definition) is 1. The molecule has 1 saturated carbocycles. The van der Waals surface area contributed by atoms with E-state index in [2.05, 4.69) is 34.1 Å². The largest absolute Gasteiger partial charge is 0.368 e. The second-order valence-electron chi connectivity index (χ2n) is 8.36. The van der Waals surface area contributed by atoms with Crippen LogP contribution in [0.5, 0.6) is 0 Å². The summed E-state index contributed by atoms with van der Waals surface area (Å²) in [4.78, 5) is 17.0. The highest BCUT2D eigenvalue weighted by molar-refractivity contribution is 5.80. The Kier molecular flexibility index (Phi) is 6.63. The predicted molar refractivity (Wildman–Crippen MR) is 111 cm³/mol. The molecule has 1 N–H and O–H groups in total. The number of ether oxygens (including phenoxy) is 1. The molecule has 0 bridgehead atoms. The van der Waals surface area contributed by atoms with Crippen LogP contribution >= 0.6 is 0 Å². The minimum Gasteiger partial charge on any atom is -0.368 e. The van der Waals surface area contributed by atoms with Gasteiger partial charge in [0, 0.05) is 26.1 Å². The number of amides is 1. The Morgan fingerprint density at radius 1 is 1.14 bits per heavy atom. The topological polar surface area (TPSA) is 56.2 Å². The van der Waals surface area contributed by atoms with Crippen molar-refractivity contribution in [1.29, 1.82) is 0 Å². The SMILES string of the molecule is O=C(NCCCc1nc2ccccc2n1CCC1CCCCC1)C1CCCO1. The van der Waals surface area contributed by atoms with E-state index in [1.165, 1.54) is 44.0 Å². The molecule has 5 nitrogen and oxygen atoms in total. The third-order valence-corrected chi connectivity index (χ3v) is 6.32. The first kappa shape index (κ1) is 19.4. The van der Waals surface area contributed by atoms with Crippen molar-refractivity contribution in [2.75, 3.05) is 13.2 Å². The number of rotatable bonds is 8. The van der Waals surface area contributed by atoms with Crippen LogP contribution in [0.15, 0.2) is 24.3 Å². The number of para-hydroxylation sites is 2. The number of nitrogens with one attached hydrogen (secondary N) is 1. The summed E-state index contributed by atoms with van der Waals surface area (Å²) in [6, 6.07) is 8.46. The highest BCUT2D eigenvalue weighted by atomic mass is 16.5. The molecule has 2 aromatic rings. The van der Waals surface area contributed by atoms with Crippen LogP contribution in [-0.2, 0) is 22.5 Å². The molecule has 152 valence electrons. The lowest BCUT2D eigenvalue weighted by Gasteiger charge is -2.22. The second-order valence-corrected chi connectivity index (χ2v) is 8.36. The summed E-state index contributed by atoms with van der Waals surface area (Å²) in [6.45, 7) is 2.45. The van der Waals surface area contributed by atoms with Gasteiger partial charge in [0.25, 0.3) is 0 Å². The van der Waals surface area contributed by atoms with E-state index >= 15 is 0 Å². The van der Waals surface area contributed by atoms with E-state index in [1.807, 2.05) is 0 Å². The lowest BCUT2D eigenvalue weighted by Crippen LogP contribution is -2.34. The molecule has 2 fully saturated rings. The van der Waals surface area contributed by atoms with Crippen LogP contribution in [0.1, 0.15) is 63.6 Å². The first-order chi connectivity index (χ1) is 13.8. The van der Waals surface area contributed by atoms with Gasteiger partial charge in [-0.2, -0.15) is 0 Å². The number of fused-ring (bicyclic) bond motifs is 1. The Balaban J connectivity index is 1.34. The van der Waals surface area contributed by atoms with Crippen molar-refractivity contribution in [3.63, 3.8) is 0 Å². The van der Waals surface area contributed by atoms with Crippen LogP contribution in [0, 0.1) is 5.92 Å². The summed E-state index contributed by atoms with van der Waals surface area (Å²) in [5, 5.41) is 3.03.